The zero-order valence-corrected chi connectivity index (χ0v) is 15.4. The standard InChI is InChI=1S/C22H21FN2O3/c23-17-13-14(20(26)25-21-5-8-22(27,9-6-21)10-7-21)1-2-15(17)19-16-4-12-28-18(16)3-11-24-19/h1-4,11-13,27H,5-10H2,(H,25,26). The smallest absolute Gasteiger partial charge is 0.251 e. The summed E-state index contributed by atoms with van der Waals surface area (Å²) in [5, 5.41) is 14.2. The lowest BCUT2D eigenvalue weighted by atomic mass is 9.63. The van der Waals surface area contributed by atoms with Crippen LogP contribution in [0.25, 0.3) is 22.2 Å². The lowest BCUT2D eigenvalue weighted by molar-refractivity contribution is -0.0702. The summed E-state index contributed by atoms with van der Waals surface area (Å²) < 4.78 is 20.2. The fraction of sp³-hybridized carbons (Fsp3) is 0.364. The van der Waals surface area contributed by atoms with Gasteiger partial charge < -0.3 is 14.8 Å². The molecule has 28 heavy (non-hydrogen) atoms. The molecule has 2 N–H and O–H groups in total. The Balaban J connectivity index is 1.41. The quantitative estimate of drug-likeness (QED) is 0.714. The van der Waals surface area contributed by atoms with E-state index in [4.69, 9.17) is 4.42 Å². The van der Waals surface area contributed by atoms with Gasteiger partial charge in [0.1, 0.15) is 11.4 Å². The second-order valence-corrected chi connectivity index (χ2v) is 8.15. The van der Waals surface area contributed by atoms with Gasteiger partial charge in [0.15, 0.2) is 0 Å². The number of pyridine rings is 1. The van der Waals surface area contributed by atoms with E-state index in [1.54, 1.807) is 36.7 Å². The fourth-order valence-electron chi connectivity index (χ4n) is 4.62. The lowest BCUT2D eigenvalue weighted by Gasteiger charge is -2.51. The molecule has 0 saturated heterocycles. The number of fused-ring (bicyclic) bond motifs is 4. The number of hydrogen-bond acceptors (Lipinski definition) is 4. The predicted molar refractivity (Wildman–Crippen MR) is 102 cm³/mol. The average molecular weight is 380 g/mol. The minimum absolute atomic E-state index is 0.271. The van der Waals surface area contributed by atoms with Crippen molar-refractivity contribution in [1.29, 1.82) is 0 Å². The monoisotopic (exact) mass is 380 g/mol. The van der Waals surface area contributed by atoms with Crippen LogP contribution >= 0.6 is 0 Å². The molecule has 0 unspecified atom stereocenters. The molecule has 3 aliphatic rings. The van der Waals surface area contributed by atoms with E-state index in [2.05, 4.69) is 10.3 Å². The van der Waals surface area contributed by atoms with E-state index < -0.39 is 11.4 Å². The molecule has 1 amide bonds. The number of halogens is 1. The molecule has 0 radical (unpaired) electrons. The molecular formula is C22H21FN2O3. The van der Waals surface area contributed by atoms with E-state index >= 15 is 0 Å². The summed E-state index contributed by atoms with van der Waals surface area (Å²) in [7, 11) is 0. The average Bonchev–Trinajstić information content (AvgIpc) is 3.18. The van der Waals surface area contributed by atoms with Gasteiger partial charge in [0.25, 0.3) is 5.91 Å². The molecule has 0 atom stereocenters. The number of hydrogen-bond donors (Lipinski definition) is 2. The molecular weight excluding hydrogens is 359 g/mol. The van der Waals surface area contributed by atoms with Crippen LogP contribution in [0.1, 0.15) is 48.9 Å². The normalized spacial score (nSPS) is 26.5. The number of aromatic nitrogens is 1. The number of rotatable bonds is 3. The van der Waals surface area contributed by atoms with Crippen molar-refractivity contribution in [3.8, 4) is 11.3 Å². The maximum Gasteiger partial charge on any atom is 0.251 e. The van der Waals surface area contributed by atoms with Gasteiger partial charge in [-0.05, 0) is 68.9 Å². The summed E-state index contributed by atoms with van der Waals surface area (Å²) in [6.07, 6.45) is 7.55. The third-order valence-electron chi connectivity index (χ3n) is 6.45. The van der Waals surface area contributed by atoms with Crippen molar-refractivity contribution in [1.82, 2.24) is 10.3 Å². The summed E-state index contributed by atoms with van der Waals surface area (Å²) in [5.41, 5.74) is 0.929. The van der Waals surface area contributed by atoms with Crippen molar-refractivity contribution < 1.29 is 18.7 Å². The van der Waals surface area contributed by atoms with Gasteiger partial charge in [-0.15, -0.1) is 0 Å². The molecule has 0 spiro atoms. The van der Waals surface area contributed by atoms with Crippen molar-refractivity contribution >= 4 is 16.9 Å². The third-order valence-corrected chi connectivity index (χ3v) is 6.45. The summed E-state index contributed by atoms with van der Waals surface area (Å²) >= 11 is 0. The zero-order chi connectivity index (χ0) is 19.4. The maximum absolute atomic E-state index is 14.9. The molecule has 3 fully saturated rings. The minimum Gasteiger partial charge on any atom is -0.464 e. The van der Waals surface area contributed by atoms with Crippen LogP contribution in [-0.2, 0) is 0 Å². The van der Waals surface area contributed by atoms with Crippen molar-refractivity contribution in [3.05, 3.63) is 54.2 Å². The van der Waals surface area contributed by atoms with Gasteiger partial charge in [0, 0.05) is 28.2 Å². The van der Waals surface area contributed by atoms with Crippen LogP contribution in [0.15, 0.2) is 47.2 Å². The van der Waals surface area contributed by atoms with Gasteiger partial charge in [0.2, 0.25) is 0 Å². The van der Waals surface area contributed by atoms with Crippen LogP contribution < -0.4 is 5.32 Å². The van der Waals surface area contributed by atoms with Gasteiger partial charge in [-0.1, -0.05) is 0 Å². The Morgan fingerprint density at radius 2 is 1.86 bits per heavy atom. The molecule has 3 aliphatic carbocycles. The number of nitrogens with zero attached hydrogens (tertiary/aromatic N) is 1. The Kier molecular flexibility index (Phi) is 3.81. The highest BCUT2D eigenvalue weighted by Crippen LogP contribution is 2.46. The second kappa shape index (κ2) is 6.14. The molecule has 144 valence electrons. The zero-order valence-electron chi connectivity index (χ0n) is 15.4. The van der Waals surface area contributed by atoms with Gasteiger partial charge in [-0.25, -0.2) is 4.39 Å². The number of amides is 1. The molecule has 3 aromatic rings. The van der Waals surface area contributed by atoms with Crippen molar-refractivity contribution in [3.63, 3.8) is 0 Å². The first-order valence-corrected chi connectivity index (χ1v) is 9.64. The molecule has 6 heteroatoms. The van der Waals surface area contributed by atoms with Crippen molar-refractivity contribution in [2.45, 2.75) is 49.7 Å². The number of carbonyl (C=O) groups excluding carboxylic acids is 1. The summed E-state index contributed by atoms with van der Waals surface area (Å²) in [4.78, 5) is 17.1. The topological polar surface area (TPSA) is 75.4 Å². The highest BCUT2D eigenvalue weighted by atomic mass is 19.1. The van der Waals surface area contributed by atoms with Gasteiger partial charge >= 0.3 is 0 Å². The Bertz CT molecular complexity index is 1050. The van der Waals surface area contributed by atoms with E-state index in [-0.39, 0.29) is 11.4 Å². The highest BCUT2D eigenvalue weighted by Gasteiger charge is 2.48. The molecule has 1 aromatic carbocycles. The molecule has 0 aliphatic heterocycles. The first-order valence-electron chi connectivity index (χ1n) is 9.64. The van der Waals surface area contributed by atoms with Gasteiger partial charge in [-0.3, -0.25) is 9.78 Å². The Morgan fingerprint density at radius 3 is 2.57 bits per heavy atom. The molecule has 2 heterocycles. The third kappa shape index (κ3) is 2.79. The van der Waals surface area contributed by atoms with E-state index in [1.807, 2.05) is 0 Å². The molecule has 2 bridgehead atoms. The van der Waals surface area contributed by atoms with E-state index in [0.717, 1.165) is 24.6 Å². The number of nitrogens with one attached hydrogen (secondary N) is 1. The van der Waals surface area contributed by atoms with E-state index in [9.17, 15) is 14.3 Å². The summed E-state index contributed by atoms with van der Waals surface area (Å²) in [5.74, 6) is -0.764. The minimum atomic E-state index is -0.554. The first-order chi connectivity index (χ1) is 13.5. The fourth-order valence-corrected chi connectivity index (χ4v) is 4.62. The lowest BCUT2D eigenvalue weighted by Crippen LogP contribution is -2.58. The predicted octanol–water partition coefficient (Wildman–Crippen LogP) is 4.20. The number of furan rings is 1. The van der Waals surface area contributed by atoms with Crippen molar-refractivity contribution in [2.24, 2.45) is 0 Å². The maximum atomic E-state index is 14.9. The van der Waals surface area contributed by atoms with Gasteiger partial charge in [-0.2, -0.15) is 0 Å². The largest absolute Gasteiger partial charge is 0.464 e. The number of benzene rings is 1. The number of aliphatic hydroxyl groups is 1. The highest BCUT2D eigenvalue weighted by molar-refractivity contribution is 5.96. The van der Waals surface area contributed by atoms with Crippen LogP contribution in [0.4, 0.5) is 4.39 Å². The summed E-state index contributed by atoms with van der Waals surface area (Å²) in [6, 6.07) is 7.98. The Hall–Kier alpha value is -2.73. The molecule has 3 saturated carbocycles. The van der Waals surface area contributed by atoms with Crippen LogP contribution in [0, 0.1) is 5.82 Å². The van der Waals surface area contributed by atoms with Crippen LogP contribution in [0.5, 0.6) is 0 Å². The van der Waals surface area contributed by atoms with Crippen molar-refractivity contribution in [2.75, 3.05) is 0 Å². The van der Waals surface area contributed by atoms with E-state index in [1.165, 1.54) is 6.07 Å². The first kappa shape index (κ1) is 17.4. The van der Waals surface area contributed by atoms with E-state index in [0.29, 0.717) is 41.7 Å². The van der Waals surface area contributed by atoms with Crippen LogP contribution in [-0.4, -0.2) is 27.1 Å². The second-order valence-electron chi connectivity index (χ2n) is 8.15. The van der Waals surface area contributed by atoms with Crippen LogP contribution in [0.3, 0.4) is 0 Å². The number of carbonyl (C=O) groups is 1. The Morgan fingerprint density at radius 1 is 1.11 bits per heavy atom. The molecule has 5 nitrogen and oxygen atoms in total. The molecule has 2 aromatic heterocycles. The Labute approximate surface area is 161 Å². The van der Waals surface area contributed by atoms with Gasteiger partial charge in [0.05, 0.1) is 17.6 Å². The SMILES string of the molecule is O=C(NC12CCC(O)(CC1)CC2)c1ccc(-c2nccc3occc23)c(F)c1. The summed E-state index contributed by atoms with van der Waals surface area (Å²) in [6.45, 7) is 0. The van der Waals surface area contributed by atoms with Crippen LogP contribution in [0.2, 0.25) is 0 Å². The molecule has 6 rings (SSSR count).